The lowest BCUT2D eigenvalue weighted by Crippen LogP contribution is -2.45. The Morgan fingerprint density at radius 1 is 1.33 bits per heavy atom. The van der Waals surface area contributed by atoms with Crippen molar-refractivity contribution < 1.29 is 23.9 Å². The highest BCUT2D eigenvalue weighted by atomic mass is 28.4. The van der Waals surface area contributed by atoms with Crippen LogP contribution in [-0.4, -0.2) is 42.1 Å². The Hall–Kier alpha value is -2.35. The highest BCUT2D eigenvalue weighted by Crippen LogP contribution is 2.40. The zero-order valence-corrected chi connectivity index (χ0v) is 17.5. The molecule has 0 saturated carbocycles. The highest BCUT2D eigenvalue weighted by Gasteiger charge is 2.42. The van der Waals surface area contributed by atoms with E-state index in [-0.39, 0.29) is 30.3 Å². The van der Waals surface area contributed by atoms with Crippen LogP contribution in [0.3, 0.4) is 0 Å². The average Bonchev–Trinajstić information content (AvgIpc) is 2.84. The van der Waals surface area contributed by atoms with E-state index in [1.165, 1.54) is 4.90 Å². The molecule has 148 valence electrons. The lowest BCUT2D eigenvalue weighted by atomic mass is 10.1. The van der Waals surface area contributed by atoms with Gasteiger partial charge in [0.1, 0.15) is 11.8 Å². The minimum atomic E-state index is -2.11. The third kappa shape index (κ3) is 4.32. The van der Waals surface area contributed by atoms with Crippen LogP contribution < -0.4 is 10.2 Å². The first-order valence-electron chi connectivity index (χ1n) is 8.98. The molecule has 3 N–H and O–H groups in total. The van der Waals surface area contributed by atoms with E-state index >= 15 is 0 Å². The van der Waals surface area contributed by atoms with Crippen LogP contribution in [0.2, 0.25) is 18.1 Å². The van der Waals surface area contributed by atoms with Gasteiger partial charge in [0, 0.05) is 17.5 Å². The minimum absolute atomic E-state index is 0.00469. The molecule has 1 heterocycles. The predicted molar refractivity (Wildman–Crippen MR) is 104 cm³/mol. The molecule has 1 aromatic carbocycles. The van der Waals surface area contributed by atoms with Crippen molar-refractivity contribution in [3.05, 3.63) is 29.3 Å². The van der Waals surface area contributed by atoms with Crippen LogP contribution >= 0.6 is 0 Å². The number of carboxylic acids is 1. The van der Waals surface area contributed by atoms with Crippen molar-refractivity contribution in [1.82, 2.24) is 4.90 Å². The Bertz CT molecular complexity index is 770. The molecule has 0 aromatic heterocycles. The number of carbonyl (C=O) groups excluding carboxylic acids is 2. The van der Waals surface area contributed by atoms with E-state index in [0.717, 1.165) is 5.56 Å². The van der Waals surface area contributed by atoms with Gasteiger partial charge in [-0.05, 0) is 36.7 Å². The smallest absolute Gasteiger partial charge is 0.303 e. The monoisotopic (exact) mass is 392 g/mol. The number of rotatable bonds is 7. The summed E-state index contributed by atoms with van der Waals surface area (Å²) in [4.78, 5) is 36.9. The normalized spacial score (nSPS) is 15.4. The van der Waals surface area contributed by atoms with Gasteiger partial charge in [0.05, 0.1) is 6.54 Å². The van der Waals surface area contributed by atoms with Crippen LogP contribution in [0.15, 0.2) is 18.2 Å². The summed E-state index contributed by atoms with van der Waals surface area (Å²) in [5, 5.41) is 8.90. The molecule has 8 heteroatoms. The van der Waals surface area contributed by atoms with Crippen molar-refractivity contribution >= 4 is 26.1 Å². The van der Waals surface area contributed by atoms with Crippen molar-refractivity contribution in [1.29, 1.82) is 0 Å². The predicted octanol–water partition coefficient (Wildman–Crippen LogP) is 2.75. The second kappa shape index (κ2) is 7.34. The van der Waals surface area contributed by atoms with E-state index in [9.17, 15) is 14.4 Å². The summed E-state index contributed by atoms with van der Waals surface area (Å²) in [6, 6.07) is 4.35. The summed E-state index contributed by atoms with van der Waals surface area (Å²) in [6.07, 6.45) is -0.246. The van der Waals surface area contributed by atoms with Crippen LogP contribution in [-0.2, 0) is 16.1 Å². The summed E-state index contributed by atoms with van der Waals surface area (Å²) in [6.45, 7) is 10.8. The highest BCUT2D eigenvalue weighted by molar-refractivity contribution is 6.74. The Labute approximate surface area is 160 Å². The van der Waals surface area contributed by atoms with E-state index in [0.29, 0.717) is 11.3 Å². The number of hydrogen-bond acceptors (Lipinski definition) is 4. The Morgan fingerprint density at radius 2 is 1.96 bits per heavy atom. The average molecular weight is 393 g/mol. The van der Waals surface area contributed by atoms with Crippen molar-refractivity contribution in [3.8, 4) is 5.75 Å². The van der Waals surface area contributed by atoms with E-state index in [1.54, 1.807) is 12.1 Å². The molecule has 2 amide bonds. The van der Waals surface area contributed by atoms with Gasteiger partial charge in [-0.3, -0.25) is 14.4 Å². The lowest BCUT2D eigenvalue weighted by Gasteiger charge is -2.37. The van der Waals surface area contributed by atoms with Crippen LogP contribution in [0, 0.1) is 0 Å². The number of aliphatic carboxylic acids is 1. The molecule has 2 rings (SSSR count). The van der Waals surface area contributed by atoms with Crippen LogP contribution in [0.5, 0.6) is 5.75 Å². The van der Waals surface area contributed by atoms with E-state index in [4.69, 9.17) is 15.3 Å². The van der Waals surface area contributed by atoms with Gasteiger partial charge in [-0.25, -0.2) is 0 Å². The molecule has 0 fully saturated rings. The van der Waals surface area contributed by atoms with E-state index in [1.807, 2.05) is 6.07 Å². The van der Waals surface area contributed by atoms with Crippen LogP contribution in [0.1, 0.15) is 49.5 Å². The SMILES string of the molecule is CC(C)(C)[Si](C)(C)Oc1cccc2c1CN([C@@H](CCC(=O)O)C(N)=O)C2=O. The van der Waals surface area contributed by atoms with Gasteiger partial charge in [-0.15, -0.1) is 0 Å². The van der Waals surface area contributed by atoms with Crippen molar-refractivity contribution in [2.45, 2.75) is 64.3 Å². The quantitative estimate of drug-likeness (QED) is 0.693. The lowest BCUT2D eigenvalue weighted by molar-refractivity contribution is -0.137. The van der Waals surface area contributed by atoms with Crippen molar-refractivity contribution in [2.24, 2.45) is 5.73 Å². The third-order valence-corrected chi connectivity index (χ3v) is 9.80. The summed E-state index contributed by atoms with van der Waals surface area (Å²) >= 11 is 0. The fourth-order valence-electron chi connectivity index (χ4n) is 2.81. The first-order chi connectivity index (χ1) is 12.3. The van der Waals surface area contributed by atoms with Gasteiger partial charge in [-0.1, -0.05) is 26.8 Å². The molecular weight excluding hydrogens is 364 g/mol. The molecule has 1 atom stereocenters. The maximum Gasteiger partial charge on any atom is 0.303 e. The van der Waals surface area contributed by atoms with Gasteiger partial charge in [0.25, 0.3) is 5.91 Å². The molecule has 0 spiro atoms. The first kappa shape index (κ1) is 21.0. The molecule has 0 aliphatic carbocycles. The maximum atomic E-state index is 12.8. The van der Waals surface area contributed by atoms with Crippen molar-refractivity contribution in [3.63, 3.8) is 0 Å². The second-order valence-corrected chi connectivity index (χ2v) is 13.2. The largest absolute Gasteiger partial charge is 0.543 e. The zero-order chi connectivity index (χ0) is 20.6. The first-order valence-corrected chi connectivity index (χ1v) is 11.9. The number of amides is 2. The number of hydrogen-bond donors (Lipinski definition) is 2. The van der Waals surface area contributed by atoms with Gasteiger partial charge in [-0.2, -0.15) is 0 Å². The minimum Gasteiger partial charge on any atom is -0.543 e. The fourth-order valence-corrected chi connectivity index (χ4v) is 3.86. The molecule has 0 bridgehead atoms. The fraction of sp³-hybridized carbons (Fsp3) is 0.526. The van der Waals surface area contributed by atoms with Gasteiger partial charge < -0.3 is 20.2 Å². The number of nitrogens with two attached hydrogens (primary N) is 1. The number of nitrogens with zero attached hydrogens (tertiary/aromatic N) is 1. The molecular formula is C19H28N2O5Si. The molecule has 0 saturated heterocycles. The molecule has 1 aromatic rings. The molecule has 1 aliphatic heterocycles. The molecule has 1 aliphatic rings. The summed E-state index contributed by atoms with van der Waals surface area (Å²) < 4.78 is 6.39. The van der Waals surface area contributed by atoms with Gasteiger partial charge >= 0.3 is 5.97 Å². The zero-order valence-electron chi connectivity index (χ0n) is 16.5. The Kier molecular flexibility index (Phi) is 5.70. The number of carbonyl (C=O) groups is 3. The van der Waals surface area contributed by atoms with Crippen molar-refractivity contribution in [2.75, 3.05) is 0 Å². The number of carboxylic acid groups (broad SMARTS) is 1. The molecule has 7 nitrogen and oxygen atoms in total. The van der Waals surface area contributed by atoms with Crippen LogP contribution in [0.4, 0.5) is 0 Å². The second-order valence-electron chi connectivity index (χ2n) is 8.43. The van der Waals surface area contributed by atoms with Crippen LogP contribution in [0.25, 0.3) is 0 Å². The number of fused-ring (bicyclic) bond motifs is 1. The third-order valence-electron chi connectivity index (χ3n) is 5.46. The van der Waals surface area contributed by atoms with Gasteiger partial charge in [0.15, 0.2) is 0 Å². The van der Waals surface area contributed by atoms with E-state index in [2.05, 4.69) is 33.9 Å². The summed E-state index contributed by atoms with van der Waals surface area (Å²) in [5.41, 5.74) is 6.66. The topological polar surface area (TPSA) is 110 Å². The Balaban J connectivity index is 2.33. The molecule has 27 heavy (non-hydrogen) atoms. The number of primary amides is 1. The molecule has 0 unspecified atom stereocenters. The summed E-state index contributed by atoms with van der Waals surface area (Å²) in [7, 11) is -2.11. The standard InChI is InChI=1S/C19H28N2O5Si/c1-19(2,3)27(4,5)26-15-8-6-7-12-13(15)11-21(18(12)25)14(17(20)24)9-10-16(22)23/h6-8,14H,9-11H2,1-5H3,(H2,20,24)(H,22,23)/t14-/m0/s1. The number of benzene rings is 1. The van der Waals surface area contributed by atoms with E-state index < -0.39 is 26.2 Å². The molecule has 0 radical (unpaired) electrons. The maximum absolute atomic E-state index is 12.8. The van der Waals surface area contributed by atoms with Gasteiger partial charge in [0.2, 0.25) is 14.2 Å². The summed E-state index contributed by atoms with van der Waals surface area (Å²) in [5.74, 6) is -1.41. The Morgan fingerprint density at radius 3 is 2.48 bits per heavy atom.